The van der Waals surface area contributed by atoms with Crippen LogP contribution in [0.1, 0.15) is 6.92 Å². The van der Waals surface area contributed by atoms with Crippen LogP contribution in [0, 0.1) is 0 Å². The fourth-order valence-corrected chi connectivity index (χ4v) is 1.09. The van der Waals surface area contributed by atoms with Crippen molar-refractivity contribution in [1.82, 2.24) is 9.97 Å². The number of aromatic nitrogens is 2. The van der Waals surface area contributed by atoms with Gasteiger partial charge >= 0.3 is 5.97 Å². The van der Waals surface area contributed by atoms with Crippen molar-refractivity contribution in [2.75, 3.05) is 0 Å². The van der Waals surface area contributed by atoms with Crippen LogP contribution in [0.5, 0.6) is 5.88 Å². The maximum Gasteiger partial charge on any atom is 0.309 e. The Morgan fingerprint density at radius 1 is 1.47 bits per heavy atom. The standard InChI is InChI=1S/C10H8N2O3/c1-7(13)15-10-6-11-5-8(12-10)9-3-2-4-14-9/h2-6H,1H3. The second kappa shape index (κ2) is 3.91. The molecular weight excluding hydrogens is 196 g/mol. The van der Waals surface area contributed by atoms with Crippen LogP contribution in [0.15, 0.2) is 35.2 Å². The minimum absolute atomic E-state index is 0.163. The van der Waals surface area contributed by atoms with Gasteiger partial charge < -0.3 is 9.15 Å². The monoisotopic (exact) mass is 204 g/mol. The molecule has 0 aromatic carbocycles. The van der Waals surface area contributed by atoms with Gasteiger partial charge in [0.1, 0.15) is 5.69 Å². The molecule has 5 heteroatoms. The van der Waals surface area contributed by atoms with E-state index in [0.29, 0.717) is 11.5 Å². The van der Waals surface area contributed by atoms with Crippen molar-refractivity contribution in [2.45, 2.75) is 6.92 Å². The van der Waals surface area contributed by atoms with Crippen molar-refractivity contribution in [3.8, 4) is 17.3 Å². The maximum absolute atomic E-state index is 10.7. The van der Waals surface area contributed by atoms with Crippen molar-refractivity contribution < 1.29 is 13.9 Å². The van der Waals surface area contributed by atoms with Crippen molar-refractivity contribution in [1.29, 1.82) is 0 Å². The molecule has 0 bridgehead atoms. The van der Waals surface area contributed by atoms with Gasteiger partial charge in [0.2, 0.25) is 5.88 Å². The van der Waals surface area contributed by atoms with Gasteiger partial charge in [-0.3, -0.25) is 9.78 Å². The van der Waals surface area contributed by atoms with Crippen LogP contribution < -0.4 is 4.74 Å². The SMILES string of the molecule is CC(=O)Oc1cncc(-c2ccco2)n1. The predicted octanol–water partition coefficient (Wildman–Crippen LogP) is 1.66. The topological polar surface area (TPSA) is 65.2 Å². The lowest BCUT2D eigenvalue weighted by molar-refractivity contribution is -0.132. The van der Waals surface area contributed by atoms with Gasteiger partial charge in [-0.05, 0) is 12.1 Å². The van der Waals surface area contributed by atoms with Crippen LogP contribution in [0.4, 0.5) is 0 Å². The highest BCUT2D eigenvalue weighted by Crippen LogP contribution is 2.18. The van der Waals surface area contributed by atoms with E-state index < -0.39 is 5.97 Å². The molecule has 0 saturated carbocycles. The molecule has 0 amide bonds. The molecular formula is C10H8N2O3. The number of esters is 1. The molecule has 2 heterocycles. The molecule has 5 nitrogen and oxygen atoms in total. The van der Waals surface area contributed by atoms with Gasteiger partial charge in [0.15, 0.2) is 5.76 Å². The summed E-state index contributed by atoms with van der Waals surface area (Å²) in [6.07, 6.45) is 4.44. The second-order valence-corrected chi connectivity index (χ2v) is 2.81. The van der Waals surface area contributed by atoms with Crippen molar-refractivity contribution in [3.63, 3.8) is 0 Å². The molecule has 0 atom stereocenters. The molecule has 2 aromatic heterocycles. The summed E-state index contributed by atoms with van der Waals surface area (Å²) in [5.41, 5.74) is 0.527. The van der Waals surface area contributed by atoms with E-state index in [9.17, 15) is 4.79 Å². The van der Waals surface area contributed by atoms with E-state index in [1.165, 1.54) is 25.6 Å². The summed E-state index contributed by atoms with van der Waals surface area (Å²) in [5, 5.41) is 0. The normalized spacial score (nSPS) is 9.93. The minimum atomic E-state index is -0.430. The van der Waals surface area contributed by atoms with Gasteiger partial charge in [-0.2, -0.15) is 0 Å². The zero-order valence-electron chi connectivity index (χ0n) is 8.01. The molecule has 0 radical (unpaired) electrons. The zero-order chi connectivity index (χ0) is 10.7. The highest BCUT2D eigenvalue weighted by molar-refractivity contribution is 5.68. The first kappa shape index (κ1) is 9.39. The lowest BCUT2D eigenvalue weighted by Gasteiger charge is -2.00. The third-order valence-corrected chi connectivity index (χ3v) is 1.63. The largest absolute Gasteiger partial charge is 0.463 e. The molecule has 0 fully saturated rings. The Bertz CT molecular complexity index is 465. The first-order chi connectivity index (χ1) is 7.25. The summed E-state index contributed by atoms with van der Waals surface area (Å²) in [5.74, 6) is 0.314. The van der Waals surface area contributed by atoms with Gasteiger partial charge in [-0.1, -0.05) is 0 Å². The van der Waals surface area contributed by atoms with Crippen LogP contribution in [0.25, 0.3) is 11.5 Å². The zero-order valence-corrected chi connectivity index (χ0v) is 8.01. The van der Waals surface area contributed by atoms with E-state index in [1.807, 2.05) is 0 Å². The van der Waals surface area contributed by atoms with E-state index in [4.69, 9.17) is 9.15 Å². The molecule has 0 saturated heterocycles. The number of ether oxygens (including phenoxy) is 1. The van der Waals surface area contributed by atoms with Crippen molar-refractivity contribution in [2.24, 2.45) is 0 Å². The van der Waals surface area contributed by atoms with Crippen LogP contribution >= 0.6 is 0 Å². The lowest BCUT2D eigenvalue weighted by Crippen LogP contribution is -2.03. The van der Waals surface area contributed by atoms with E-state index in [2.05, 4.69) is 9.97 Å². The van der Waals surface area contributed by atoms with Gasteiger partial charge in [0.25, 0.3) is 0 Å². The van der Waals surface area contributed by atoms with Crippen LogP contribution in [0.3, 0.4) is 0 Å². The summed E-state index contributed by atoms with van der Waals surface area (Å²) in [6, 6.07) is 3.50. The number of nitrogens with zero attached hydrogens (tertiary/aromatic N) is 2. The molecule has 0 aliphatic heterocycles. The number of carbonyl (C=O) groups is 1. The quantitative estimate of drug-likeness (QED) is 0.696. The first-order valence-corrected chi connectivity index (χ1v) is 4.30. The number of furan rings is 1. The number of rotatable bonds is 2. The van der Waals surface area contributed by atoms with E-state index >= 15 is 0 Å². The average molecular weight is 204 g/mol. The van der Waals surface area contributed by atoms with E-state index in [1.54, 1.807) is 12.1 Å². The van der Waals surface area contributed by atoms with Crippen LogP contribution in [0.2, 0.25) is 0 Å². The summed E-state index contributed by atoms with van der Waals surface area (Å²) < 4.78 is 9.94. The fourth-order valence-electron chi connectivity index (χ4n) is 1.09. The maximum atomic E-state index is 10.7. The lowest BCUT2D eigenvalue weighted by atomic mass is 10.3. The molecule has 0 N–H and O–H groups in total. The summed E-state index contributed by atoms with van der Waals surface area (Å²) in [4.78, 5) is 18.6. The molecule has 2 rings (SSSR count). The van der Waals surface area contributed by atoms with Gasteiger partial charge in [0.05, 0.1) is 18.7 Å². The Morgan fingerprint density at radius 2 is 2.33 bits per heavy atom. The molecule has 76 valence electrons. The van der Waals surface area contributed by atoms with Gasteiger partial charge in [0, 0.05) is 6.92 Å². The number of hydrogen-bond donors (Lipinski definition) is 0. The molecule has 2 aromatic rings. The Balaban J connectivity index is 2.31. The first-order valence-electron chi connectivity index (χ1n) is 4.30. The Kier molecular flexibility index (Phi) is 2.45. The Hall–Kier alpha value is -2.17. The Morgan fingerprint density at radius 3 is 3.00 bits per heavy atom. The fraction of sp³-hybridized carbons (Fsp3) is 0.100. The van der Waals surface area contributed by atoms with E-state index in [0.717, 1.165) is 0 Å². The third-order valence-electron chi connectivity index (χ3n) is 1.63. The smallest absolute Gasteiger partial charge is 0.309 e. The molecule has 0 unspecified atom stereocenters. The highest BCUT2D eigenvalue weighted by Gasteiger charge is 2.06. The minimum Gasteiger partial charge on any atom is -0.463 e. The van der Waals surface area contributed by atoms with Gasteiger partial charge in [-0.15, -0.1) is 0 Å². The predicted molar refractivity (Wildman–Crippen MR) is 51.0 cm³/mol. The highest BCUT2D eigenvalue weighted by atomic mass is 16.5. The molecule has 0 aliphatic rings. The summed E-state index contributed by atoms with van der Waals surface area (Å²) in [7, 11) is 0. The molecule has 0 aliphatic carbocycles. The second-order valence-electron chi connectivity index (χ2n) is 2.81. The van der Waals surface area contributed by atoms with Gasteiger partial charge in [-0.25, -0.2) is 4.98 Å². The Labute approximate surface area is 85.7 Å². The van der Waals surface area contributed by atoms with E-state index in [-0.39, 0.29) is 5.88 Å². The van der Waals surface area contributed by atoms with Crippen LogP contribution in [-0.4, -0.2) is 15.9 Å². The third kappa shape index (κ3) is 2.19. The van der Waals surface area contributed by atoms with Crippen LogP contribution in [-0.2, 0) is 4.79 Å². The summed E-state index contributed by atoms with van der Waals surface area (Å²) >= 11 is 0. The van der Waals surface area contributed by atoms with Crippen molar-refractivity contribution in [3.05, 3.63) is 30.8 Å². The average Bonchev–Trinajstić information content (AvgIpc) is 2.69. The number of carbonyl (C=O) groups excluding carboxylic acids is 1. The van der Waals surface area contributed by atoms with Crippen molar-refractivity contribution >= 4 is 5.97 Å². The number of hydrogen-bond acceptors (Lipinski definition) is 5. The molecule has 0 spiro atoms. The summed E-state index contributed by atoms with van der Waals surface area (Å²) in [6.45, 7) is 1.31. The molecule has 15 heavy (non-hydrogen) atoms.